The molecule has 0 saturated heterocycles. The van der Waals surface area contributed by atoms with Crippen LogP contribution in [0.25, 0.3) is 0 Å². The zero-order chi connectivity index (χ0) is 17.4. The summed E-state index contributed by atoms with van der Waals surface area (Å²) in [6.45, 7) is 7.87. The Morgan fingerprint density at radius 3 is 2.79 bits per heavy atom. The number of hydrogen-bond donors (Lipinski definition) is 2. The molecule has 2 rings (SSSR count). The summed E-state index contributed by atoms with van der Waals surface area (Å²) >= 11 is 1.97. The number of aliphatic imine (C=N–C) groups is 1. The van der Waals surface area contributed by atoms with Crippen molar-refractivity contribution in [1.29, 1.82) is 0 Å². The topological polar surface area (TPSA) is 62.5 Å². The Morgan fingerprint density at radius 2 is 2.17 bits per heavy atom. The Labute approximate surface area is 150 Å². The fourth-order valence-electron chi connectivity index (χ4n) is 3.26. The van der Waals surface area contributed by atoms with Crippen LogP contribution in [0.15, 0.2) is 15.6 Å². The van der Waals surface area contributed by atoms with Crippen LogP contribution in [0.4, 0.5) is 0 Å². The molecular formula is C18H32N4OS. The van der Waals surface area contributed by atoms with E-state index in [2.05, 4.69) is 53.9 Å². The highest BCUT2D eigenvalue weighted by Gasteiger charge is 2.24. The summed E-state index contributed by atoms with van der Waals surface area (Å²) in [7, 11) is 0. The largest absolute Gasteiger partial charge is 0.359 e. The van der Waals surface area contributed by atoms with E-state index in [-0.39, 0.29) is 0 Å². The summed E-state index contributed by atoms with van der Waals surface area (Å²) in [5.41, 5.74) is 1.06. The van der Waals surface area contributed by atoms with Crippen LogP contribution in [0.3, 0.4) is 0 Å². The number of thioether (sulfide) groups is 1. The summed E-state index contributed by atoms with van der Waals surface area (Å²) in [6, 6.07) is 2.58. The molecule has 136 valence electrons. The zero-order valence-corrected chi connectivity index (χ0v) is 16.3. The van der Waals surface area contributed by atoms with Crippen LogP contribution in [-0.2, 0) is 6.54 Å². The third-order valence-electron chi connectivity index (χ3n) is 4.78. The molecule has 1 aromatic rings. The second-order valence-electron chi connectivity index (χ2n) is 6.44. The van der Waals surface area contributed by atoms with Gasteiger partial charge in [-0.2, -0.15) is 11.8 Å². The van der Waals surface area contributed by atoms with Gasteiger partial charge in [0.1, 0.15) is 6.54 Å². The number of rotatable bonds is 8. The van der Waals surface area contributed by atoms with E-state index < -0.39 is 0 Å². The smallest absolute Gasteiger partial charge is 0.191 e. The maximum absolute atomic E-state index is 5.47. The fourth-order valence-corrected chi connectivity index (χ4v) is 4.06. The molecule has 0 bridgehead atoms. The van der Waals surface area contributed by atoms with Gasteiger partial charge in [0.25, 0.3) is 0 Å². The molecule has 0 radical (unpaired) electrons. The fraction of sp³-hybridized carbons (Fsp3) is 0.778. The van der Waals surface area contributed by atoms with Crippen LogP contribution < -0.4 is 10.6 Å². The van der Waals surface area contributed by atoms with E-state index >= 15 is 0 Å². The number of nitrogens with one attached hydrogen (secondary N) is 2. The molecule has 2 unspecified atom stereocenters. The molecule has 6 heteroatoms. The van der Waals surface area contributed by atoms with Gasteiger partial charge in [0, 0.05) is 29.8 Å². The monoisotopic (exact) mass is 352 g/mol. The first kappa shape index (κ1) is 19.2. The minimum absolute atomic E-state index is 0.486. The normalized spacial score (nSPS) is 21.5. The van der Waals surface area contributed by atoms with Crippen molar-refractivity contribution >= 4 is 17.7 Å². The van der Waals surface area contributed by atoms with E-state index in [0.717, 1.165) is 42.1 Å². The standard InChI is InChI=1S/C18H32N4OS/c1-5-13(6-2)17-11-15(23-22-17)12-20-18(19-7-3)21-14-8-9-16(10-14)24-4/h11,13-14,16H,5-10,12H2,1-4H3,(H2,19,20,21). The minimum Gasteiger partial charge on any atom is -0.359 e. The number of guanidine groups is 1. The van der Waals surface area contributed by atoms with Crippen molar-refractivity contribution < 1.29 is 4.52 Å². The van der Waals surface area contributed by atoms with Crippen molar-refractivity contribution in [1.82, 2.24) is 15.8 Å². The SMILES string of the molecule is CCNC(=NCc1cc(C(CC)CC)no1)NC1CCC(SC)C1. The molecule has 2 N–H and O–H groups in total. The van der Waals surface area contributed by atoms with Gasteiger partial charge in [0.15, 0.2) is 11.7 Å². The molecule has 5 nitrogen and oxygen atoms in total. The van der Waals surface area contributed by atoms with Crippen molar-refractivity contribution in [3.63, 3.8) is 0 Å². The maximum Gasteiger partial charge on any atom is 0.191 e. The van der Waals surface area contributed by atoms with E-state index in [1.165, 1.54) is 19.3 Å². The van der Waals surface area contributed by atoms with Crippen LogP contribution in [0.1, 0.15) is 70.2 Å². The van der Waals surface area contributed by atoms with E-state index in [9.17, 15) is 0 Å². The van der Waals surface area contributed by atoms with Crippen molar-refractivity contribution in [2.45, 2.75) is 76.6 Å². The predicted octanol–water partition coefficient (Wildman–Crippen LogP) is 3.92. The lowest BCUT2D eigenvalue weighted by atomic mass is 9.99. The van der Waals surface area contributed by atoms with Gasteiger partial charge >= 0.3 is 0 Å². The Balaban J connectivity index is 1.93. The number of nitrogens with zero attached hydrogens (tertiary/aromatic N) is 2. The highest BCUT2D eigenvalue weighted by atomic mass is 32.2. The molecule has 1 heterocycles. The second-order valence-corrected chi connectivity index (χ2v) is 7.58. The van der Waals surface area contributed by atoms with Crippen molar-refractivity contribution in [2.24, 2.45) is 4.99 Å². The van der Waals surface area contributed by atoms with Gasteiger partial charge in [-0.05, 0) is 45.3 Å². The Morgan fingerprint density at radius 1 is 1.38 bits per heavy atom. The second kappa shape index (κ2) is 9.97. The highest BCUT2D eigenvalue weighted by Crippen LogP contribution is 2.28. The lowest BCUT2D eigenvalue weighted by Crippen LogP contribution is -2.42. The van der Waals surface area contributed by atoms with Gasteiger partial charge in [-0.15, -0.1) is 0 Å². The Bertz CT molecular complexity index is 513. The van der Waals surface area contributed by atoms with Gasteiger partial charge in [-0.1, -0.05) is 19.0 Å². The lowest BCUT2D eigenvalue weighted by molar-refractivity contribution is 0.372. The summed E-state index contributed by atoms with van der Waals surface area (Å²) in [4.78, 5) is 4.68. The van der Waals surface area contributed by atoms with Gasteiger partial charge in [-0.3, -0.25) is 0 Å². The highest BCUT2D eigenvalue weighted by molar-refractivity contribution is 7.99. The van der Waals surface area contributed by atoms with E-state index in [4.69, 9.17) is 4.52 Å². The van der Waals surface area contributed by atoms with Gasteiger partial charge in [0.2, 0.25) is 0 Å². The molecular weight excluding hydrogens is 320 g/mol. The molecule has 24 heavy (non-hydrogen) atoms. The van der Waals surface area contributed by atoms with Gasteiger partial charge < -0.3 is 15.2 Å². The molecule has 0 spiro atoms. The quantitative estimate of drug-likeness (QED) is 0.548. The Kier molecular flexibility index (Phi) is 7.95. The van der Waals surface area contributed by atoms with Crippen molar-refractivity contribution in [3.8, 4) is 0 Å². The van der Waals surface area contributed by atoms with Gasteiger partial charge in [0.05, 0.1) is 5.69 Å². The van der Waals surface area contributed by atoms with E-state index in [0.29, 0.717) is 18.5 Å². The third-order valence-corrected chi connectivity index (χ3v) is 5.87. The van der Waals surface area contributed by atoms with Crippen molar-refractivity contribution in [3.05, 3.63) is 17.5 Å². The average molecular weight is 353 g/mol. The molecule has 0 aromatic carbocycles. The molecule has 0 aliphatic heterocycles. The van der Waals surface area contributed by atoms with Gasteiger partial charge in [-0.25, -0.2) is 4.99 Å². The van der Waals surface area contributed by atoms with E-state index in [1.54, 1.807) is 0 Å². The van der Waals surface area contributed by atoms with Crippen molar-refractivity contribution in [2.75, 3.05) is 12.8 Å². The third kappa shape index (κ3) is 5.43. The first-order chi connectivity index (χ1) is 11.7. The van der Waals surface area contributed by atoms with Crippen LogP contribution >= 0.6 is 11.8 Å². The summed E-state index contributed by atoms with van der Waals surface area (Å²) in [5.74, 6) is 2.20. The summed E-state index contributed by atoms with van der Waals surface area (Å²) in [6.07, 6.45) is 8.11. The molecule has 1 fully saturated rings. The molecule has 1 saturated carbocycles. The minimum atomic E-state index is 0.486. The zero-order valence-electron chi connectivity index (χ0n) is 15.5. The summed E-state index contributed by atoms with van der Waals surface area (Å²) in [5, 5.41) is 11.9. The van der Waals surface area contributed by atoms with E-state index in [1.807, 2.05) is 11.8 Å². The first-order valence-corrected chi connectivity index (χ1v) is 10.5. The molecule has 0 amide bonds. The molecule has 1 aromatic heterocycles. The first-order valence-electron chi connectivity index (χ1n) is 9.23. The average Bonchev–Trinajstić information content (AvgIpc) is 3.23. The van der Waals surface area contributed by atoms with Crippen LogP contribution in [0.2, 0.25) is 0 Å². The molecule has 1 aliphatic carbocycles. The summed E-state index contributed by atoms with van der Waals surface area (Å²) < 4.78 is 5.47. The van der Waals surface area contributed by atoms with Crippen LogP contribution in [0, 0.1) is 0 Å². The van der Waals surface area contributed by atoms with Crippen LogP contribution in [-0.4, -0.2) is 35.2 Å². The molecule has 1 aliphatic rings. The Hall–Kier alpha value is -1.17. The molecule has 2 atom stereocenters. The van der Waals surface area contributed by atoms with Crippen LogP contribution in [0.5, 0.6) is 0 Å². The number of aromatic nitrogens is 1. The lowest BCUT2D eigenvalue weighted by Gasteiger charge is -2.16. The maximum atomic E-state index is 5.47. The predicted molar refractivity (Wildman–Crippen MR) is 103 cm³/mol. The number of hydrogen-bond acceptors (Lipinski definition) is 4.